The van der Waals surface area contributed by atoms with Gasteiger partial charge in [-0.25, -0.2) is 9.07 Å². The largest absolute Gasteiger partial charge is 0.393 e. The summed E-state index contributed by atoms with van der Waals surface area (Å²) in [7, 11) is 0. The maximum atomic E-state index is 13.5. The fraction of sp³-hybridized carbons (Fsp3) is 0.515. The van der Waals surface area contributed by atoms with Gasteiger partial charge in [0.15, 0.2) is 0 Å². The van der Waals surface area contributed by atoms with Crippen molar-refractivity contribution < 1.29 is 14.3 Å². The molecule has 0 aliphatic heterocycles. The van der Waals surface area contributed by atoms with Crippen LogP contribution in [0.2, 0.25) is 0 Å². The second-order valence-electron chi connectivity index (χ2n) is 13.2. The van der Waals surface area contributed by atoms with Crippen LogP contribution in [0, 0.1) is 40.3 Å². The van der Waals surface area contributed by atoms with E-state index in [1.807, 2.05) is 10.9 Å². The van der Waals surface area contributed by atoms with Crippen molar-refractivity contribution in [1.29, 1.82) is 0 Å². The van der Waals surface area contributed by atoms with Gasteiger partial charge in [-0.15, -0.1) is 0 Å². The minimum atomic E-state index is -0.461. The van der Waals surface area contributed by atoms with Crippen LogP contribution in [0.3, 0.4) is 0 Å². The Kier molecular flexibility index (Phi) is 6.38. The summed E-state index contributed by atoms with van der Waals surface area (Å²) in [6.07, 6.45) is 14.9. The van der Waals surface area contributed by atoms with Gasteiger partial charge in [0.1, 0.15) is 5.82 Å². The van der Waals surface area contributed by atoms with Crippen molar-refractivity contribution in [2.75, 3.05) is 6.54 Å². The zero-order valence-corrected chi connectivity index (χ0v) is 23.8. The second-order valence-corrected chi connectivity index (χ2v) is 13.2. The zero-order valence-electron chi connectivity index (χ0n) is 23.8. The van der Waals surface area contributed by atoms with Crippen LogP contribution in [0.5, 0.6) is 0 Å². The molecule has 1 amide bonds. The van der Waals surface area contributed by atoms with E-state index < -0.39 is 6.10 Å². The topological polar surface area (TPSA) is 92.9 Å². The summed E-state index contributed by atoms with van der Waals surface area (Å²) in [5.41, 5.74) is 4.99. The van der Waals surface area contributed by atoms with Gasteiger partial charge in [0.05, 0.1) is 29.4 Å². The third-order valence-corrected chi connectivity index (χ3v) is 11.1. The molecule has 3 saturated carbocycles. The highest BCUT2D eigenvalue weighted by Crippen LogP contribution is 2.66. The Labute approximate surface area is 240 Å². The molecule has 0 spiro atoms. The molecule has 8 heteroatoms. The lowest BCUT2D eigenvalue weighted by molar-refractivity contribution is -0.143. The zero-order chi connectivity index (χ0) is 28.4. The number of aliphatic hydroxyl groups is 1. The number of allylic oxidation sites excluding steroid dienone is 1. The predicted molar refractivity (Wildman–Crippen MR) is 153 cm³/mol. The number of hydrogen-bond acceptors (Lipinski definition) is 5. The summed E-state index contributed by atoms with van der Waals surface area (Å²) >= 11 is 0. The number of rotatable bonds is 5. The van der Waals surface area contributed by atoms with Gasteiger partial charge in [0, 0.05) is 37.5 Å². The molecule has 7 nitrogen and oxygen atoms in total. The van der Waals surface area contributed by atoms with Gasteiger partial charge < -0.3 is 10.4 Å². The first kappa shape index (κ1) is 26.5. The van der Waals surface area contributed by atoms with E-state index in [0.717, 1.165) is 49.2 Å². The molecular weight excluding hydrogens is 517 g/mol. The van der Waals surface area contributed by atoms with Crippen LogP contribution in [-0.2, 0) is 17.6 Å². The highest BCUT2D eigenvalue weighted by atomic mass is 19.1. The van der Waals surface area contributed by atoms with E-state index in [9.17, 15) is 14.3 Å². The molecule has 0 radical (unpaired) electrons. The molecular formula is C33H38FN5O2. The number of carbonyl (C=O) groups excluding carboxylic acids is 1. The summed E-state index contributed by atoms with van der Waals surface area (Å²) < 4.78 is 15.5. The normalized spacial score (nSPS) is 33.7. The quantitative estimate of drug-likeness (QED) is 0.466. The standard InChI is InChI=1S/C33H38FN5O2/c1-32-16-20-18-38-39(24-6-4-22(34)5-7-24)28(20)15-21(32)3-8-25-26-9-10-27(33(26,2)17-29(40)30(25)32)31(41)37-12-11-23-19-35-13-14-36-23/h4-7,13-15,18-19,25-27,29-30,40H,3,8-12,16-17H2,1-2H3,(H,37,41). The molecule has 214 valence electrons. The first-order valence-electron chi connectivity index (χ1n) is 15.0. The molecule has 7 atom stereocenters. The van der Waals surface area contributed by atoms with Crippen LogP contribution < -0.4 is 5.32 Å². The van der Waals surface area contributed by atoms with Crippen molar-refractivity contribution in [2.45, 2.75) is 64.9 Å². The van der Waals surface area contributed by atoms with Crippen LogP contribution in [0.1, 0.15) is 62.9 Å². The average molecular weight is 556 g/mol. The third kappa shape index (κ3) is 4.25. The van der Waals surface area contributed by atoms with Crippen molar-refractivity contribution in [1.82, 2.24) is 25.1 Å². The van der Waals surface area contributed by atoms with E-state index in [0.29, 0.717) is 31.2 Å². The lowest BCUT2D eigenvalue weighted by Crippen LogP contribution is -2.57. The van der Waals surface area contributed by atoms with Gasteiger partial charge in [-0.2, -0.15) is 5.10 Å². The number of aromatic nitrogens is 4. The van der Waals surface area contributed by atoms with Gasteiger partial charge in [-0.1, -0.05) is 19.4 Å². The van der Waals surface area contributed by atoms with Crippen LogP contribution in [0.4, 0.5) is 4.39 Å². The van der Waals surface area contributed by atoms with Gasteiger partial charge >= 0.3 is 0 Å². The number of hydrogen-bond donors (Lipinski definition) is 2. The Morgan fingerprint density at radius 3 is 2.76 bits per heavy atom. The first-order valence-corrected chi connectivity index (χ1v) is 15.0. The van der Waals surface area contributed by atoms with E-state index in [-0.39, 0.29) is 34.4 Å². The summed E-state index contributed by atoms with van der Waals surface area (Å²) in [5.74, 6) is 0.738. The smallest absolute Gasteiger partial charge is 0.223 e. The monoisotopic (exact) mass is 555 g/mol. The average Bonchev–Trinajstić information content (AvgIpc) is 3.52. The Balaban J connectivity index is 1.11. The van der Waals surface area contributed by atoms with Gasteiger partial charge in [0.25, 0.3) is 0 Å². The Bertz CT molecular complexity index is 1490. The SMILES string of the molecule is CC12Cc3cnn(-c4ccc(F)cc4)c3C=C1CCC1C2C(O)CC2(C)C(C(=O)NCCc3cnccn3)CCC12. The number of carbonyl (C=O) groups is 1. The lowest BCUT2D eigenvalue weighted by Gasteiger charge is -2.59. The predicted octanol–water partition coefficient (Wildman–Crippen LogP) is 4.93. The summed E-state index contributed by atoms with van der Waals surface area (Å²) in [6, 6.07) is 6.47. The molecule has 0 bridgehead atoms. The van der Waals surface area contributed by atoms with E-state index in [1.54, 1.807) is 30.7 Å². The fourth-order valence-electron chi connectivity index (χ4n) is 9.30. The van der Waals surface area contributed by atoms with Crippen molar-refractivity contribution in [3.8, 4) is 5.69 Å². The molecule has 7 rings (SSSR count). The number of fused-ring (bicyclic) bond motifs is 6. The minimum absolute atomic E-state index is 0.0818. The molecule has 3 aromatic rings. The molecule has 7 unspecified atom stereocenters. The van der Waals surface area contributed by atoms with Gasteiger partial charge in [-0.05, 0) is 103 Å². The molecule has 2 N–H and O–H groups in total. The van der Waals surface area contributed by atoms with Gasteiger partial charge in [-0.3, -0.25) is 14.8 Å². The number of benzene rings is 1. The number of nitrogens with zero attached hydrogens (tertiary/aromatic N) is 4. The lowest BCUT2D eigenvalue weighted by atomic mass is 9.46. The molecule has 0 saturated heterocycles. The maximum absolute atomic E-state index is 13.5. The second kappa shape index (κ2) is 9.86. The van der Waals surface area contributed by atoms with Crippen molar-refractivity contribution in [2.24, 2.45) is 34.5 Å². The number of nitrogens with one attached hydrogen (secondary N) is 1. The molecule has 2 aromatic heterocycles. The van der Waals surface area contributed by atoms with E-state index in [1.165, 1.54) is 23.3 Å². The molecule has 1 aromatic carbocycles. The number of amides is 1. The first-order chi connectivity index (χ1) is 19.8. The number of aliphatic hydroxyl groups excluding tert-OH is 1. The highest BCUT2D eigenvalue weighted by Gasteiger charge is 2.63. The Hall–Kier alpha value is -3.39. The maximum Gasteiger partial charge on any atom is 0.223 e. The van der Waals surface area contributed by atoms with Crippen LogP contribution in [0.15, 0.2) is 54.6 Å². The molecule has 4 aliphatic rings. The Morgan fingerprint density at radius 2 is 1.98 bits per heavy atom. The van der Waals surface area contributed by atoms with Crippen molar-refractivity contribution in [3.63, 3.8) is 0 Å². The van der Waals surface area contributed by atoms with Crippen LogP contribution in [-0.4, -0.2) is 43.4 Å². The summed E-state index contributed by atoms with van der Waals surface area (Å²) in [5, 5.41) is 19.7. The fourth-order valence-corrected chi connectivity index (χ4v) is 9.30. The minimum Gasteiger partial charge on any atom is -0.393 e. The van der Waals surface area contributed by atoms with E-state index >= 15 is 0 Å². The summed E-state index contributed by atoms with van der Waals surface area (Å²) in [4.78, 5) is 21.9. The van der Waals surface area contributed by atoms with Gasteiger partial charge in [0.2, 0.25) is 5.91 Å². The van der Waals surface area contributed by atoms with E-state index in [4.69, 9.17) is 0 Å². The number of halogens is 1. The third-order valence-electron chi connectivity index (χ3n) is 11.1. The van der Waals surface area contributed by atoms with Crippen molar-refractivity contribution in [3.05, 3.63) is 77.4 Å². The molecule has 41 heavy (non-hydrogen) atoms. The molecule has 4 aliphatic carbocycles. The van der Waals surface area contributed by atoms with Crippen molar-refractivity contribution >= 4 is 12.0 Å². The van der Waals surface area contributed by atoms with Crippen LogP contribution in [0.25, 0.3) is 11.8 Å². The van der Waals surface area contributed by atoms with Crippen LogP contribution >= 0.6 is 0 Å². The molecule has 2 heterocycles. The molecule has 3 fully saturated rings. The summed E-state index contributed by atoms with van der Waals surface area (Å²) in [6.45, 7) is 5.14. The van der Waals surface area contributed by atoms with E-state index in [2.05, 4.69) is 40.3 Å². The Morgan fingerprint density at radius 1 is 1.15 bits per heavy atom. The highest BCUT2D eigenvalue weighted by molar-refractivity contribution is 5.80.